The largest absolute Gasteiger partial charge is 0.493 e. The lowest BCUT2D eigenvalue weighted by Crippen LogP contribution is -1.95. The van der Waals surface area contributed by atoms with Gasteiger partial charge in [0.15, 0.2) is 5.75 Å². The van der Waals surface area contributed by atoms with Crippen molar-refractivity contribution in [2.24, 2.45) is 0 Å². The van der Waals surface area contributed by atoms with Crippen LogP contribution in [0.2, 0.25) is 0 Å². The Labute approximate surface area is 76.6 Å². The molecule has 4 nitrogen and oxygen atoms in total. The Bertz CT molecular complexity index is 272. The molecule has 0 spiro atoms. The molecule has 0 aliphatic carbocycles. The molecule has 13 heavy (non-hydrogen) atoms. The molecule has 1 rings (SSSR count). The molecule has 0 saturated heterocycles. The molecular weight excluding hydrogens is 172 g/mol. The number of ether oxygens (including phenoxy) is 1. The first-order valence-electron chi connectivity index (χ1n) is 3.80. The first kappa shape index (κ1) is 9.83. The van der Waals surface area contributed by atoms with Crippen molar-refractivity contribution in [2.75, 3.05) is 14.2 Å². The van der Waals surface area contributed by atoms with Crippen LogP contribution in [0.1, 0.15) is 5.56 Å². The van der Waals surface area contributed by atoms with Gasteiger partial charge in [0.2, 0.25) is 5.75 Å². The highest BCUT2D eigenvalue weighted by atomic mass is 17.2. The molecule has 0 saturated carbocycles. The zero-order valence-corrected chi connectivity index (χ0v) is 7.61. The van der Waals surface area contributed by atoms with E-state index < -0.39 is 0 Å². The number of benzene rings is 1. The molecule has 1 aromatic carbocycles. The van der Waals surface area contributed by atoms with Crippen LogP contribution in [0.3, 0.4) is 0 Å². The molecule has 0 aliphatic heterocycles. The number of hydrogen-bond donors (Lipinski definition) is 1. The van der Waals surface area contributed by atoms with Gasteiger partial charge in [-0.1, -0.05) is 6.07 Å². The molecule has 0 unspecified atom stereocenters. The van der Waals surface area contributed by atoms with E-state index in [1.165, 1.54) is 14.2 Å². The van der Waals surface area contributed by atoms with Crippen LogP contribution >= 0.6 is 0 Å². The Morgan fingerprint density at radius 1 is 1.23 bits per heavy atom. The van der Waals surface area contributed by atoms with Gasteiger partial charge in [0, 0.05) is 0 Å². The highest BCUT2D eigenvalue weighted by Crippen LogP contribution is 2.27. The third-order valence-corrected chi connectivity index (χ3v) is 1.58. The number of aliphatic hydroxyl groups excluding tert-OH is 1. The van der Waals surface area contributed by atoms with Crippen LogP contribution in [0.5, 0.6) is 11.5 Å². The fourth-order valence-corrected chi connectivity index (χ4v) is 0.974. The van der Waals surface area contributed by atoms with Crippen molar-refractivity contribution in [1.29, 1.82) is 0 Å². The smallest absolute Gasteiger partial charge is 0.207 e. The Morgan fingerprint density at radius 2 is 2.00 bits per heavy atom. The van der Waals surface area contributed by atoms with E-state index in [1.807, 2.05) is 0 Å². The quantitative estimate of drug-likeness (QED) is 0.562. The van der Waals surface area contributed by atoms with Crippen molar-refractivity contribution in [3.63, 3.8) is 0 Å². The predicted octanol–water partition coefficient (Wildman–Crippen LogP) is 1.13. The number of rotatable bonds is 4. The maximum absolute atomic E-state index is 8.86. The molecule has 72 valence electrons. The maximum atomic E-state index is 8.86. The summed E-state index contributed by atoms with van der Waals surface area (Å²) < 4.78 is 5.01. The summed E-state index contributed by atoms with van der Waals surface area (Å²) in [5.74, 6) is 1.02. The SMILES string of the molecule is COOc1cc(CO)ccc1OC. The Kier molecular flexibility index (Phi) is 3.54. The lowest BCUT2D eigenvalue weighted by Gasteiger charge is -2.08. The maximum Gasteiger partial charge on any atom is 0.207 e. The summed E-state index contributed by atoms with van der Waals surface area (Å²) >= 11 is 0. The average molecular weight is 184 g/mol. The molecule has 0 heterocycles. The summed E-state index contributed by atoms with van der Waals surface area (Å²) in [6, 6.07) is 5.11. The average Bonchev–Trinajstić information content (AvgIpc) is 2.18. The van der Waals surface area contributed by atoms with Gasteiger partial charge in [0.1, 0.15) is 0 Å². The second-order valence-corrected chi connectivity index (χ2v) is 2.39. The zero-order chi connectivity index (χ0) is 9.68. The van der Waals surface area contributed by atoms with E-state index in [4.69, 9.17) is 14.7 Å². The van der Waals surface area contributed by atoms with Crippen LogP contribution in [0.4, 0.5) is 0 Å². The van der Waals surface area contributed by atoms with E-state index in [0.717, 1.165) is 5.56 Å². The van der Waals surface area contributed by atoms with Gasteiger partial charge in [0.25, 0.3) is 0 Å². The van der Waals surface area contributed by atoms with Crippen LogP contribution in [-0.4, -0.2) is 19.3 Å². The highest BCUT2D eigenvalue weighted by Gasteiger charge is 2.05. The van der Waals surface area contributed by atoms with Gasteiger partial charge in [0.05, 0.1) is 20.8 Å². The van der Waals surface area contributed by atoms with Gasteiger partial charge in [-0.25, -0.2) is 0 Å². The lowest BCUT2D eigenvalue weighted by atomic mass is 10.2. The van der Waals surface area contributed by atoms with Crippen molar-refractivity contribution in [3.05, 3.63) is 23.8 Å². The molecule has 0 bridgehead atoms. The molecule has 0 fully saturated rings. The normalized spacial score (nSPS) is 9.77. The molecule has 4 heteroatoms. The number of methoxy groups -OCH3 is 1. The molecular formula is C9H12O4. The Hall–Kier alpha value is -1.26. The van der Waals surface area contributed by atoms with Gasteiger partial charge in [-0.05, 0) is 17.7 Å². The van der Waals surface area contributed by atoms with Crippen molar-refractivity contribution >= 4 is 0 Å². The zero-order valence-electron chi connectivity index (χ0n) is 7.61. The van der Waals surface area contributed by atoms with Crippen molar-refractivity contribution in [3.8, 4) is 11.5 Å². The Morgan fingerprint density at radius 3 is 2.54 bits per heavy atom. The van der Waals surface area contributed by atoms with E-state index in [1.54, 1.807) is 18.2 Å². The van der Waals surface area contributed by atoms with Crippen LogP contribution in [0, 0.1) is 0 Å². The van der Waals surface area contributed by atoms with Gasteiger partial charge in [-0.15, -0.1) is 0 Å². The fraction of sp³-hybridized carbons (Fsp3) is 0.333. The minimum absolute atomic E-state index is 0.0376. The van der Waals surface area contributed by atoms with Crippen molar-refractivity contribution < 1.29 is 19.6 Å². The summed E-state index contributed by atoms with van der Waals surface area (Å²) in [4.78, 5) is 9.34. The first-order valence-corrected chi connectivity index (χ1v) is 3.80. The molecule has 0 atom stereocenters. The van der Waals surface area contributed by atoms with Crippen LogP contribution in [-0.2, 0) is 11.5 Å². The predicted molar refractivity (Wildman–Crippen MR) is 46.6 cm³/mol. The standard InChI is InChI=1S/C9H12O4/c1-11-8-4-3-7(6-10)5-9(8)13-12-2/h3-5,10H,6H2,1-2H3. The second-order valence-electron chi connectivity index (χ2n) is 2.39. The van der Waals surface area contributed by atoms with E-state index >= 15 is 0 Å². The summed E-state index contributed by atoms with van der Waals surface area (Å²) in [5.41, 5.74) is 0.743. The molecule has 1 N–H and O–H groups in total. The Balaban J connectivity index is 2.95. The van der Waals surface area contributed by atoms with Crippen LogP contribution in [0.25, 0.3) is 0 Å². The van der Waals surface area contributed by atoms with Gasteiger partial charge >= 0.3 is 0 Å². The van der Waals surface area contributed by atoms with E-state index in [2.05, 4.69) is 4.89 Å². The first-order chi connectivity index (χ1) is 6.31. The van der Waals surface area contributed by atoms with Gasteiger partial charge < -0.3 is 14.7 Å². The van der Waals surface area contributed by atoms with Gasteiger partial charge in [-0.3, -0.25) is 0 Å². The van der Waals surface area contributed by atoms with E-state index in [0.29, 0.717) is 11.5 Å². The monoisotopic (exact) mass is 184 g/mol. The second kappa shape index (κ2) is 4.69. The van der Waals surface area contributed by atoms with Crippen molar-refractivity contribution in [1.82, 2.24) is 0 Å². The molecule has 0 radical (unpaired) electrons. The number of hydrogen-bond acceptors (Lipinski definition) is 4. The third-order valence-electron chi connectivity index (χ3n) is 1.58. The topological polar surface area (TPSA) is 47.9 Å². The summed E-state index contributed by atoms with van der Waals surface area (Å²) in [6.07, 6.45) is 0. The minimum Gasteiger partial charge on any atom is -0.493 e. The molecule has 0 amide bonds. The fourth-order valence-electron chi connectivity index (χ4n) is 0.974. The minimum atomic E-state index is -0.0376. The van der Waals surface area contributed by atoms with Crippen LogP contribution < -0.4 is 9.62 Å². The molecule has 0 aromatic heterocycles. The van der Waals surface area contributed by atoms with Crippen LogP contribution in [0.15, 0.2) is 18.2 Å². The van der Waals surface area contributed by atoms with Gasteiger partial charge in [-0.2, -0.15) is 4.89 Å². The summed E-state index contributed by atoms with van der Waals surface area (Å²) in [6.45, 7) is -0.0376. The van der Waals surface area contributed by atoms with E-state index in [-0.39, 0.29) is 6.61 Å². The molecule has 1 aromatic rings. The van der Waals surface area contributed by atoms with E-state index in [9.17, 15) is 0 Å². The highest BCUT2D eigenvalue weighted by molar-refractivity contribution is 5.42. The summed E-state index contributed by atoms with van der Waals surface area (Å²) in [7, 11) is 2.95. The number of aliphatic hydroxyl groups is 1. The molecule has 0 aliphatic rings. The lowest BCUT2D eigenvalue weighted by molar-refractivity contribution is -0.179. The summed E-state index contributed by atoms with van der Waals surface area (Å²) in [5, 5.41) is 8.86. The van der Waals surface area contributed by atoms with Crippen molar-refractivity contribution in [2.45, 2.75) is 6.61 Å². The third kappa shape index (κ3) is 2.34.